The molecule has 1 aromatic rings. The normalized spacial score (nSPS) is 16.5. The maximum Gasteiger partial charge on any atom is 0.294 e. The van der Waals surface area contributed by atoms with Crippen molar-refractivity contribution < 1.29 is 14.4 Å². The molecule has 0 bridgehead atoms. The molecule has 23 heavy (non-hydrogen) atoms. The molecule has 0 saturated carbocycles. The minimum Gasteiger partial charge on any atom is -0.354 e. The van der Waals surface area contributed by atoms with Crippen molar-refractivity contribution in [3.63, 3.8) is 0 Å². The summed E-state index contributed by atoms with van der Waals surface area (Å²) in [7, 11) is 0. The number of carbonyl (C=O) groups is 3. The number of hydrogen-bond acceptors (Lipinski definition) is 4. The summed E-state index contributed by atoms with van der Waals surface area (Å²) in [6.45, 7) is 4.22. The van der Waals surface area contributed by atoms with Gasteiger partial charge in [-0.05, 0) is 41.5 Å². The second kappa shape index (κ2) is 7.79. The van der Waals surface area contributed by atoms with Gasteiger partial charge in [-0.1, -0.05) is 41.9 Å². The zero-order valence-electron chi connectivity index (χ0n) is 12.8. The molecular weight excluding hydrogens is 380 g/mol. The molecule has 3 amide bonds. The zero-order chi connectivity index (χ0) is 17.0. The smallest absolute Gasteiger partial charge is 0.294 e. The molecule has 0 radical (unpaired) electrons. The van der Waals surface area contributed by atoms with Crippen LogP contribution in [-0.2, 0) is 9.59 Å². The first-order chi connectivity index (χ1) is 10.9. The van der Waals surface area contributed by atoms with Crippen LogP contribution in [0.15, 0.2) is 33.6 Å². The van der Waals surface area contributed by atoms with Gasteiger partial charge in [0.2, 0.25) is 5.91 Å². The highest BCUT2D eigenvalue weighted by molar-refractivity contribution is 9.10. The van der Waals surface area contributed by atoms with Crippen LogP contribution < -0.4 is 5.32 Å². The van der Waals surface area contributed by atoms with Crippen LogP contribution in [0, 0.1) is 5.92 Å². The number of benzene rings is 1. The van der Waals surface area contributed by atoms with Gasteiger partial charge in [0.1, 0.15) is 6.54 Å². The fourth-order valence-electron chi connectivity index (χ4n) is 1.90. The lowest BCUT2D eigenvalue weighted by Gasteiger charge is -2.13. The van der Waals surface area contributed by atoms with E-state index in [1.165, 1.54) is 0 Å². The predicted molar refractivity (Wildman–Crippen MR) is 94.7 cm³/mol. The van der Waals surface area contributed by atoms with E-state index in [-0.39, 0.29) is 12.5 Å². The number of hydrogen-bond donors (Lipinski definition) is 1. The van der Waals surface area contributed by atoms with Gasteiger partial charge in [-0.15, -0.1) is 0 Å². The largest absolute Gasteiger partial charge is 0.354 e. The number of nitrogens with one attached hydrogen (secondary N) is 1. The van der Waals surface area contributed by atoms with Crippen LogP contribution in [0.4, 0.5) is 4.79 Å². The summed E-state index contributed by atoms with van der Waals surface area (Å²) >= 11 is 4.21. The summed E-state index contributed by atoms with van der Waals surface area (Å²) in [5.41, 5.74) is 0.814. The van der Waals surface area contributed by atoms with Crippen LogP contribution in [-0.4, -0.2) is 35.0 Å². The average Bonchev–Trinajstić information content (AvgIpc) is 2.73. The Morgan fingerprint density at radius 3 is 2.78 bits per heavy atom. The molecule has 0 atom stereocenters. The van der Waals surface area contributed by atoms with Gasteiger partial charge in [-0.2, -0.15) is 0 Å². The Kier molecular flexibility index (Phi) is 6.01. The van der Waals surface area contributed by atoms with E-state index in [4.69, 9.17) is 0 Å². The third-order valence-electron chi connectivity index (χ3n) is 3.03. The van der Waals surface area contributed by atoms with Gasteiger partial charge in [-0.25, -0.2) is 0 Å². The van der Waals surface area contributed by atoms with Crippen molar-refractivity contribution in [3.8, 4) is 0 Å². The highest BCUT2D eigenvalue weighted by Crippen LogP contribution is 2.32. The Morgan fingerprint density at radius 1 is 1.39 bits per heavy atom. The number of rotatable bonds is 5. The molecule has 1 aromatic carbocycles. The Balaban J connectivity index is 2.06. The number of carbonyl (C=O) groups excluding carboxylic acids is 3. The van der Waals surface area contributed by atoms with E-state index in [1.54, 1.807) is 6.08 Å². The lowest BCUT2D eigenvalue weighted by Crippen LogP contribution is -2.40. The van der Waals surface area contributed by atoms with Crippen LogP contribution >= 0.6 is 27.7 Å². The predicted octanol–water partition coefficient (Wildman–Crippen LogP) is 3.26. The molecule has 7 heteroatoms. The molecule has 0 spiro atoms. The number of thioether (sulfide) groups is 1. The second-order valence-corrected chi connectivity index (χ2v) is 7.43. The zero-order valence-corrected chi connectivity index (χ0v) is 15.2. The third-order valence-corrected chi connectivity index (χ3v) is 4.43. The molecule has 1 heterocycles. The van der Waals surface area contributed by atoms with Gasteiger partial charge < -0.3 is 5.32 Å². The lowest BCUT2D eigenvalue weighted by molar-refractivity contribution is -0.129. The summed E-state index contributed by atoms with van der Waals surface area (Å²) in [5, 5.41) is 2.28. The van der Waals surface area contributed by atoms with Gasteiger partial charge >= 0.3 is 0 Å². The molecule has 1 fully saturated rings. The Bertz CT molecular complexity index is 673. The molecule has 1 saturated heterocycles. The number of imide groups is 1. The molecule has 122 valence electrons. The van der Waals surface area contributed by atoms with E-state index in [1.807, 2.05) is 38.1 Å². The molecule has 1 aliphatic heterocycles. The average molecular weight is 397 g/mol. The minimum absolute atomic E-state index is 0.243. The van der Waals surface area contributed by atoms with Crippen molar-refractivity contribution in [2.75, 3.05) is 13.1 Å². The van der Waals surface area contributed by atoms with Gasteiger partial charge in [-0.3, -0.25) is 19.3 Å². The topological polar surface area (TPSA) is 66.5 Å². The molecule has 0 unspecified atom stereocenters. The van der Waals surface area contributed by atoms with Crippen LogP contribution in [0.1, 0.15) is 19.4 Å². The molecule has 0 aromatic heterocycles. The second-order valence-electron chi connectivity index (χ2n) is 5.52. The Labute approximate surface area is 147 Å². The first-order valence-electron chi connectivity index (χ1n) is 7.14. The first-order valence-corrected chi connectivity index (χ1v) is 8.75. The standard InChI is InChI=1S/C16H17BrN2O3S/c1-10(2)8-18-14(20)9-19-15(21)13(23-16(19)22)7-11-4-3-5-12(17)6-11/h3-7,10H,8-9H2,1-2H3,(H,18,20)/b13-7-. The van der Waals surface area contributed by atoms with Crippen LogP contribution in [0.25, 0.3) is 6.08 Å². The highest BCUT2D eigenvalue weighted by Gasteiger charge is 2.36. The Morgan fingerprint density at radius 2 is 2.13 bits per heavy atom. The van der Waals surface area contributed by atoms with Crippen molar-refractivity contribution in [2.45, 2.75) is 13.8 Å². The maximum atomic E-state index is 12.3. The van der Waals surface area contributed by atoms with Crippen molar-refractivity contribution in [2.24, 2.45) is 5.92 Å². The molecule has 0 aliphatic carbocycles. The van der Waals surface area contributed by atoms with Crippen molar-refractivity contribution >= 4 is 50.8 Å². The van der Waals surface area contributed by atoms with Crippen LogP contribution in [0.2, 0.25) is 0 Å². The van der Waals surface area contributed by atoms with Crippen molar-refractivity contribution in [1.29, 1.82) is 0 Å². The monoisotopic (exact) mass is 396 g/mol. The van der Waals surface area contributed by atoms with Crippen molar-refractivity contribution in [1.82, 2.24) is 10.2 Å². The van der Waals surface area contributed by atoms with Crippen molar-refractivity contribution in [3.05, 3.63) is 39.2 Å². The van der Waals surface area contributed by atoms with E-state index in [0.717, 1.165) is 26.7 Å². The third kappa shape index (κ3) is 4.94. The molecule has 5 nitrogen and oxygen atoms in total. The summed E-state index contributed by atoms with van der Waals surface area (Å²) in [5.74, 6) is -0.449. The molecular formula is C16H17BrN2O3S. The highest BCUT2D eigenvalue weighted by atomic mass is 79.9. The fourth-order valence-corrected chi connectivity index (χ4v) is 3.16. The molecule has 1 N–H and O–H groups in total. The van der Waals surface area contributed by atoms with E-state index < -0.39 is 11.1 Å². The van der Waals surface area contributed by atoms with Gasteiger partial charge in [0.25, 0.3) is 11.1 Å². The number of halogens is 1. The molecule has 2 rings (SSSR count). The van der Waals surface area contributed by atoms with E-state index >= 15 is 0 Å². The van der Waals surface area contributed by atoms with Gasteiger partial charge in [0, 0.05) is 11.0 Å². The quantitative estimate of drug-likeness (QED) is 0.775. The lowest BCUT2D eigenvalue weighted by atomic mass is 10.2. The minimum atomic E-state index is -0.431. The van der Waals surface area contributed by atoms with Crippen LogP contribution in [0.3, 0.4) is 0 Å². The fraction of sp³-hybridized carbons (Fsp3) is 0.312. The Hall–Kier alpha value is -1.60. The number of nitrogens with zero attached hydrogens (tertiary/aromatic N) is 1. The van der Waals surface area contributed by atoms with E-state index in [9.17, 15) is 14.4 Å². The summed E-state index contributed by atoms with van der Waals surface area (Å²) < 4.78 is 0.888. The van der Waals surface area contributed by atoms with Gasteiger partial charge in [0.05, 0.1) is 4.91 Å². The maximum absolute atomic E-state index is 12.3. The van der Waals surface area contributed by atoms with Crippen LogP contribution in [0.5, 0.6) is 0 Å². The SMILES string of the molecule is CC(C)CNC(=O)CN1C(=O)S/C(=C\c2cccc(Br)c2)C1=O. The summed E-state index contributed by atoms with van der Waals surface area (Å²) in [6, 6.07) is 7.42. The van der Waals surface area contributed by atoms with Gasteiger partial charge in [0.15, 0.2) is 0 Å². The van der Waals surface area contributed by atoms with E-state index in [0.29, 0.717) is 17.4 Å². The summed E-state index contributed by atoms with van der Waals surface area (Å²) in [6.07, 6.45) is 1.65. The van der Waals surface area contributed by atoms with E-state index in [2.05, 4.69) is 21.2 Å². The first kappa shape index (κ1) is 17.7. The number of amides is 3. The summed E-state index contributed by atoms with van der Waals surface area (Å²) in [4.78, 5) is 37.4. The molecule has 1 aliphatic rings.